The number of benzene rings is 2. The summed E-state index contributed by atoms with van der Waals surface area (Å²) in [5, 5.41) is 4.11. The van der Waals surface area contributed by atoms with Crippen molar-refractivity contribution in [2.24, 2.45) is 0 Å². The van der Waals surface area contributed by atoms with Gasteiger partial charge in [-0.3, -0.25) is 0 Å². The van der Waals surface area contributed by atoms with Crippen LogP contribution in [0.25, 0.3) is 10.9 Å². The number of ether oxygens (including phenoxy) is 6. The van der Waals surface area contributed by atoms with Crippen LogP contribution in [0.3, 0.4) is 0 Å². The molecule has 4 rings (SSSR count). The Hall–Kier alpha value is -3.30. The van der Waals surface area contributed by atoms with Gasteiger partial charge in [0.1, 0.15) is 25.4 Å². The average Bonchev–Trinajstić information content (AvgIpc) is 3.22. The molecule has 0 saturated heterocycles. The van der Waals surface area contributed by atoms with Crippen LogP contribution in [0, 0.1) is 0 Å². The summed E-state index contributed by atoms with van der Waals surface area (Å²) in [6.45, 7) is 1.94. The molecular weight excluding hydrogens is 390 g/mol. The summed E-state index contributed by atoms with van der Waals surface area (Å²) in [7, 11) is 3.25. The van der Waals surface area contributed by atoms with Crippen molar-refractivity contribution in [3.8, 4) is 23.0 Å². The lowest BCUT2D eigenvalue weighted by Gasteiger charge is -2.15. The molecule has 0 fully saturated rings. The fraction of sp³-hybridized carbons (Fsp3) is 0.333. The van der Waals surface area contributed by atoms with Crippen LogP contribution in [0.4, 0.5) is 11.5 Å². The van der Waals surface area contributed by atoms with Gasteiger partial charge in [-0.15, -0.1) is 0 Å². The number of anilines is 2. The highest BCUT2D eigenvalue weighted by molar-refractivity contribution is 5.93. The van der Waals surface area contributed by atoms with Gasteiger partial charge in [0.25, 0.3) is 0 Å². The molecule has 9 heteroatoms. The largest absolute Gasteiger partial charge is 0.487 e. The second-order valence-electron chi connectivity index (χ2n) is 6.41. The summed E-state index contributed by atoms with van der Waals surface area (Å²) in [6.07, 6.45) is 1.50. The van der Waals surface area contributed by atoms with Crippen LogP contribution in [0.15, 0.2) is 36.7 Å². The molecule has 0 unspecified atom stereocenters. The predicted octanol–water partition coefficient (Wildman–Crippen LogP) is 3.15. The van der Waals surface area contributed by atoms with E-state index >= 15 is 0 Å². The molecule has 1 aliphatic heterocycles. The van der Waals surface area contributed by atoms with Crippen molar-refractivity contribution in [1.29, 1.82) is 0 Å². The van der Waals surface area contributed by atoms with E-state index in [1.54, 1.807) is 14.2 Å². The molecule has 158 valence electrons. The Morgan fingerprint density at radius 2 is 1.60 bits per heavy atom. The maximum absolute atomic E-state index is 5.87. The normalized spacial score (nSPS) is 12.2. The fourth-order valence-corrected chi connectivity index (χ4v) is 2.97. The minimum Gasteiger partial charge on any atom is -0.487 e. The summed E-state index contributed by atoms with van der Waals surface area (Å²) < 4.78 is 32.7. The zero-order chi connectivity index (χ0) is 20.8. The average molecular weight is 413 g/mol. The van der Waals surface area contributed by atoms with Crippen LogP contribution < -0.4 is 24.3 Å². The molecule has 0 radical (unpaired) electrons. The number of fused-ring (bicyclic) bond motifs is 2. The van der Waals surface area contributed by atoms with Crippen molar-refractivity contribution in [3.05, 3.63) is 36.7 Å². The molecule has 3 aromatic rings. The Labute approximate surface area is 173 Å². The first-order valence-corrected chi connectivity index (χ1v) is 9.47. The van der Waals surface area contributed by atoms with Gasteiger partial charge in [0.2, 0.25) is 6.79 Å². The Morgan fingerprint density at radius 3 is 2.37 bits per heavy atom. The third-order valence-corrected chi connectivity index (χ3v) is 4.43. The van der Waals surface area contributed by atoms with Gasteiger partial charge in [0.05, 0.1) is 18.7 Å². The summed E-state index contributed by atoms with van der Waals surface area (Å²) in [5.74, 6) is 3.22. The van der Waals surface area contributed by atoms with E-state index in [9.17, 15) is 0 Å². The fourth-order valence-electron chi connectivity index (χ4n) is 2.97. The second-order valence-corrected chi connectivity index (χ2v) is 6.41. The van der Waals surface area contributed by atoms with Crippen LogP contribution in [0.5, 0.6) is 23.0 Å². The van der Waals surface area contributed by atoms with Crippen LogP contribution in [-0.2, 0) is 9.47 Å². The van der Waals surface area contributed by atoms with Gasteiger partial charge < -0.3 is 33.7 Å². The number of nitrogens with zero attached hydrogens (tertiary/aromatic N) is 2. The van der Waals surface area contributed by atoms with Gasteiger partial charge in [0, 0.05) is 37.4 Å². The minimum atomic E-state index is 0.225. The molecule has 0 atom stereocenters. The van der Waals surface area contributed by atoms with Crippen LogP contribution >= 0.6 is 0 Å². The molecular formula is C21H23N3O6. The van der Waals surface area contributed by atoms with E-state index in [0.29, 0.717) is 49.5 Å². The Kier molecular flexibility index (Phi) is 6.31. The summed E-state index contributed by atoms with van der Waals surface area (Å²) in [4.78, 5) is 8.78. The van der Waals surface area contributed by atoms with Gasteiger partial charge >= 0.3 is 0 Å². The zero-order valence-corrected chi connectivity index (χ0v) is 16.8. The topological polar surface area (TPSA) is 93.2 Å². The van der Waals surface area contributed by atoms with Gasteiger partial charge in [-0.1, -0.05) is 0 Å². The van der Waals surface area contributed by atoms with Gasteiger partial charge in [-0.25, -0.2) is 9.97 Å². The van der Waals surface area contributed by atoms with E-state index in [0.717, 1.165) is 22.3 Å². The molecule has 2 heterocycles. The molecule has 30 heavy (non-hydrogen) atoms. The van der Waals surface area contributed by atoms with Crippen molar-refractivity contribution in [1.82, 2.24) is 9.97 Å². The molecule has 2 aromatic carbocycles. The number of aromatic nitrogens is 2. The standard InChI is InChI=1S/C21H23N3O6/c1-25-5-7-27-19-10-15-16(11-20(19)28-8-6-26-2)22-12-23-21(15)24-14-3-4-17-18(9-14)30-13-29-17/h3-4,9-12H,5-8,13H2,1-2H3,(H,22,23,24). The number of rotatable bonds is 10. The van der Waals surface area contributed by atoms with E-state index in [2.05, 4.69) is 15.3 Å². The molecule has 1 N–H and O–H groups in total. The quantitative estimate of drug-likeness (QED) is 0.503. The lowest BCUT2D eigenvalue weighted by Crippen LogP contribution is -2.09. The van der Waals surface area contributed by atoms with Gasteiger partial charge in [-0.05, 0) is 18.2 Å². The molecule has 0 amide bonds. The van der Waals surface area contributed by atoms with Gasteiger partial charge in [-0.2, -0.15) is 0 Å². The van der Waals surface area contributed by atoms with E-state index < -0.39 is 0 Å². The molecule has 0 aliphatic carbocycles. The summed E-state index contributed by atoms with van der Waals surface area (Å²) in [5.41, 5.74) is 1.54. The first-order valence-electron chi connectivity index (χ1n) is 9.47. The molecule has 0 bridgehead atoms. The SMILES string of the molecule is COCCOc1cc2ncnc(Nc3ccc4c(c3)OCO4)c2cc1OCCOC. The maximum Gasteiger partial charge on any atom is 0.231 e. The van der Waals surface area contributed by atoms with Crippen molar-refractivity contribution < 1.29 is 28.4 Å². The maximum atomic E-state index is 5.87. The van der Waals surface area contributed by atoms with Crippen LogP contribution in [0.1, 0.15) is 0 Å². The van der Waals surface area contributed by atoms with Crippen LogP contribution in [-0.4, -0.2) is 57.4 Å². The van der Waals surface area contributed by atoms with Crippen molar-refractivity contribution >= 4 is 22.4 Å². The molecule has 0 spiro atoms. The number of nitrogens with one attached hydrogen (secondary N) is 1. The molecule has 1 aliphatic rings. The number of methoxy groups -OCH3 is 2. The second kappa shape index (κ2) is 9.47. The monoisotopic (exact) mass is 413 g/mol. The molecule has 9 nitrogen and oxygen atoms in total. The first kappa shape index (κ1) is 20.0. The highest BCUT2D eigenvalue weighted by Crippen LogP contribution is 2.37. The molecule has 0 saturated carbocycles. The zero-order valence-electron chi connectivity index (χ0n) is 16.8. The predicted molar refractivity (Wildman–Crippen MR) is 110 cm³/mol. The third kappa shape index (κ3) is 4.47. The van der Waals surface area contributed by atoms with E-state index in [1.165, 1.54) is 6.33 Å². The first-order chi connectivity index (χ1) is 14.8. The Bertz CT molecular complexity index is 1010. The lowest BCUT2D eigenvalue weighted by molar-refractivity contribution is 0.132. The minimum absolute atomic E-state index is 0.225. The highest BCUT2D eigenvalue weighted by atomic mass is 16.7. The lowest BCUT2D eigenvalue weighted by atomic mass is 10.2. The van der Waals surface area contributed by atoms with E-state index in [-0.39, 0.29) is 6.79 Å². The smallest absolute Gasteiger partial charge is 0.231 e. The Morgan fingerprint density at radius 1 is 0.867 bits per heavy atom. The Balaban J connectivity index is 1.65. The van der Waals surface area contributed by atoms with Crippen molar-refractivity contribution in [2.45, 2.75) is 0 Å². The third-order valence-electron chi connectivity index (χ3n) is 4.43. The van der Waals surface area contributed by atoms with E-state index in [4.69, 9.17) is 28.4 Å². The van der Waals surface area contributed by atoms with E-state index in [1.807, 2.05) is 30.3 Å². The summed E-state index contributed by atoms with van der Waals surface area (Å²) >= 11 is 0. The summed E-state index contributed by atoms with van der Waals surface area (Å²) in [6, 6.07) is 9.32. The number of hydrogen-bond acceptors (Lipinski definition) is 9. The van der Waals surface area contributed by atoms with Crippen LogP contribution in [0.2, 0.25) is 0 Å². The van der Waals surface area contributed by atoms with Crippen molar-refractivity contribution in [2.75, 3.05) is 52.8 Å². The van der Waals surface area contributed by atoms with Gasteiger partial charge in [0.15, 0.2) is 23.0 Å². The molecule has 1 aromatic heterocycles. The highest BCUT2D eigenvalue weighted by Gasteiger charge is 2.16. The van der Waals surface area contributed by atoms with Crippen molar-refractivity contribution in [3.63, 3.8) is 0 Å². The number of hydrogen-bond donors (Lipinski definition) is 1.